The molecule has 4 rings (SSSR count). The number of nitrogens with zero attached hydrogens (tertiary/aromatic N) is 4. The van der Waals surface area contributed by atoms with Crippen LogP contribution < -0.4 is 10.6 Å². The summed E-state index contributed by atoms with van der Waals surface area (Å²) in [5.74, 6) is 2.75. The highest BCUT2D eigenvalue weighted by Gasteiger charge is 2.21. The Morgan fingerprint density at radius 2 is 2.07 bits per heavy atom. The Hall–Kier alpha value is -3.00. The predicted molar refractivity (Wildman–Crippen MR) is 105 cm³/mol. The molecule has 0 spiro atoms. The Bertz CT molecular complexity index is 927. The topological polar surface area (TPSA) is 97.9 Å². The normalized spacial score (nSPS) is 14.9. The molecule has 1 saturated heterocycles. The number of oxazole rings is 1. The van der Waals surface area contributed by atoms with Crippen molar-refractivity contribution in [3.63, 3.8) is 0 Å². The molecule has 1 aliphatic rings. The molecule has 3 heterocycles. The van der Waals surface area contributed by atoms with Crippen LogP contribution in [0.3, 0.4) is 0 Å². The van der Waals surface area contributed by atoms with Crippen molar-refractivity contribution in [1.82, 2.24) is 25.1 Å². The van der Waals surface area contributed by atoms with Crippen LogP contribution in [0.4, 0.5) is 5.95 Å². The molecular formula is C20H24N6O2. The minimum atomic E-state index is -0.133. The van der Waals surface area contributed by atoms with Gasteiger partial charge in [-0.3, -0.25) is 10.1 Å². The number of hydrogen-bond donors (Lipinski definition) is 2. The summed E-state index contributed by atoms with van der Waals surface area (Å²) >= 11 is 0. The van der Waals surface area contributed by atoms with Crippen LogP contribution in [-0.4, -0.2) is 38.7 Å². The third kappa shape index (κ3) is 4.28. The number of rotatable bonds is 6. The fraction of sp³-hybridized carbons (Fsp3) is 0.400. The number of nitrogens with one attached hydrogen (secondary N) is 2. The van der Waals surface area contributed by atoms with Gasteiger partial charge in [-0.05, 0) is 25.9 Å². The van der Waals surface area contributed by atoms with Gasteiger partial charge in [-0.2, -0.15) is 10.1 Å². The number of aromatic nitrogens is 4. The maximum absolute atomic E-state index is 12.3. The standard InChI is InChI=1S/C20H24N6O2/c1-26-20(24-19(25-26)15-9-11-21-12-10-15)23-17(27)7-8-18-22-13-16(28-18)14-5-3-2-4-6-14/h2-6,13,15,21H,7-12H2,1H3,(H,23,24,25,27). The van der Waals surface area contributed by atoms with Crippen molar-refractivity contribution in [3.05, 3.63) is 48.2 Å². The number of carbonyl (C=O) groups is 1. The quantitative estimate of drug-likeness (QED) is 0.682. The Morgan fingerprint density at radius 1 is 1.29 bits per heavy atom. The summed E-state index contributed by atoms with van der Waals surface area (Å²) in [5.41, 5.74) is 0.968. The predicted octanol–water partition coefficient (Wildman–Crippen LogP) is 2.51. The van der Waals surface area contributed by atoms with E-state index in [4.69, 9.17) is 4.42 Å². The highest BCUT2D eigenvalue weighted by molar-refractivity contribution is 5.89. The summed E-state index contributed by atoms with van der Waals surface area (Å²) in [6.45, 7) is 1.96. The summed E-state index contributed by atoms with van der Waals surface area (Å²) in [6, 6.07) is 9.78. The van der Waals surface area contributed by atoms with E-state index in [2.05, 4.69) is 25.7 Å². The molecule has 8 nitrogen and oxygen atoms in total. The van der Waals surface area contributed by atoms with E-state index in [9.17, 15) is 4.79 Å². The highest BCUT2D eigenvalue weighted by Crippen LogP contribution is 2.23. The van der Waals surface area contributed by atoms with Crippen molar-refractivity contribution in [2.24, 2.45) is 7.05 Å². The maximum Gasteiger partial charge on any atom is 0.227 e. The lowest BCUT2D eigenvalue weighted by Gasteiger charge is -2.19. The molecule has 0 saturated carbocycles. The summed E-state index contributed by atoms with van der Waals surface area (Å²) < 4.78 is 7.38. The van der Waals surface area contributed by atoms with Crippen molar-refractivity contribution < 1.29 is 9.21 Å². The fourth-order valence-electron chi connectivity index (χ4n) is 3.34. The van der Waals surface area contributed by atoms with Gasteiger partial charge in [0.15, 0.2) is 17.5 Å². The molecule has 0 unspecified atom stereocenters. The molecule has 1 amide bonds. The van der Waals surface area contributed by atoms with Gasteiger partial charge in [-0.15, -0.1) is 0 Å². The first-order valence-corrected chi connectivity index (χ1v) is 9.60. The summed E-state index contributed by atoms with van der Waals surface area (Å²) in [4.78, 5) is 21.1. The molecule has 1 aliphatic heterocycles. The number of benzene rings is 1. The van der Waals surface area contributed by atoms with E-state index in [0.29, 0.717) is 29.9 Å². The molecule has 2 N–H and O–H groups in total. The van der Waals surface area contributed by atoms with Crippen LogP contribution in [0.15, 0.2) is 40.9 Å². The first-order chi connectivity index (χ1) is 13.7. The minimum absolute atomic E-state index is 0.133. The van der Waals surface area contributed by atoms with Crippen LogP contribution in [0.1, 0.15) is 36.9 Å². The fourth-order valence-corrected chi connectivity index (χ4v) is 3.34. The lowest BCUT2D eigenvalue weighted by atomic mass is 9.98. The van der Waals surface area contributed by atoms with Crippen LogP contribution in [-0.2, 0) is 18.3 Å². The van der Waals surface area contributed by atoms with Crippen molar-refractivity contribution in [3.8, 4) is 11.3 Å². The van der Waals surface area contributed by atoms with Crippen LogP contribution in [0, 0.1) is 0 Å². The Morgan fingerprint density at radius 3 is 2.86 bits per heavy atom. The molecular weight excluding hydrogens is 356 g/mol. The molecule has 146 valence electrons. The molecule has 8 heteroatoms. The summed E-state index contributed by atoms with van der Waals surface area (Å²) in [6.07, 6.45) is 4.43. The molecule has 3 aromatic rings. The second-order valence-corrected chi connectivity index (χ2v) is 6.97. The van der Waals surface area contributed by atoms with E-state index in [-0.39, 0.29) is 12.3 Å². The average Bonchev–Trinajstić information content (AvgIpc) is 3.35. The first kappa shape index (κ1) is 18.4. The lowest BCUT2D eigenvalue weighted by Crippen LogP contribution is -2.27. The number of amides is 1. The number of carbonyl (C=O) groups excluding carboxylic acids is 1. The van der Waals surface area contributed by atoms with E-state index in [1.165, 1.54) is 0 Å². The van der Waals surface area contributed by atoms with Gasteiger partial charge in [0.1, 0.15) is 0 Å². The monoisotopic (exact) mass is 380 g/mol. The average molecular weight is 380 g/mol. The smallest absolute Gasteiger partial charge is 0.227 e. The number of aryl methyl sites for hydroxylation is 2. The molecule has 1 aromatic carbocycles. The molecule has 2 aromatic heterocycles. The Balaban J connectivity index is 1.32. The molecule has 0 radical (unpaired) electrons. The SMILES string of the molecule is Cn1nc(C2CCNCC2)nc1NC(=O)CCc1ncc(-c2ccccc2)o1. The Kier molecular flexibility index (Phi) is 5.48. The Labute approximate surface area is 163 Å². The van der Waals surface area contributed by atoms with Gasteiger partial charge in [0.05, 0.1) is 6.20 Å². The lowest BCUT2D eigenvalue weighted by molar-refractivity contribution is -0.116. The minimum Gasteiger partial charge on any atom is -0.441 e. The molecule has 1 fully saturated rings. The van der Waals surface area contributed by atoms with Crippen molar-refractivity contribution in [2.75, 3.05) is 18.4 Å². The van der Waals surface area contributed by atoms with Gasteiger partial charge >= 0.3 is 0 Å². The van der Waals surface area contributed by atoms with Gasteiger partial charge in [0.25, 0.3) is 0 Å². The van der Waals surface area contributed by atoms with Crippen molar-refractivity contribution >= 4 is 11.9 Å². The van der Waals surface area contributed by atoms with Crippen LogP contribution in [0.25, 0.3) is 11.3 Å². The summed E-state index contributed by atoms with van der Waals surface area (Å²) in [5, 5.41) is 10.7. The highest BCUT2D eigenvalue weighted by atomic mass is 16.4. The van der Waals surface area contributed by atoms with E-state index < -0.39 is 0 Å². The number of piperidine rings is 1. The van der Waals surface area contributed by atoms with Gasteiger partial charge in [0, 0.05) is 31.4 Å². The van der Waals surface area contributed by atoms with Gasteiger partial charge in [-0.1, -0.05) is 30.3 Å². The zero-order valence-electron chi connectivity index (χ0n) is 15.9. The molecule has 28 heavy (non-hydrogen) atoms. The maximum atomic E-state index is 12.3. The summed E-state index contributed by atoms with van der Waals surface area (Å²) in [7, 11) is 1.80. The molecule has 0 bridgehead atoms. The van der Waals surface area contributed by atoms with Gasteiger partial charge < -0.3 is 9.73 Å². The first-order valence-electron chi connectivity index (χ1n) is 9.60. The second kappa shape index (κ2) is 8.35. The van der Waals surface area contributed by atoms with E-state index >= 15 is 0 Å². The third-order valence-electron chi connectivity index (χ3n) is 4.91. The molecule has 0 atom stereocenters. The zero-order chi connectivity index (χ0) is 19.3. The number of anilines is 1. The van der Waals surface area contributed by atoms with Crippen molar-refractivity contribution in [2.45, 2.75) is 31.6 Å². The van der Waals surface area contributed by atoms with Crippen LogP contribution >= 0.6 is 0 Å². The van der Waals surface area contributed by atoms with E-state index in [1.807, 2.05) is 30.3 Å². The van der Waals surface area contributed by atoms with E-state index in [0.717, 1.165) is 37.3 Å². The molecule has 0 aliphatic carbocycles. The largest absolute Gasteiger partial charge is 0.441 e. The van der Waals surface area contributed by atoms with Gasteiger partial charge in [-0.25, -0.2) is 9.67 Å². The number of hydrogen-bond acceptors (Lipinski definition) is 6. The van der Waals surface area contributed by atoms with Crippen LogP contribution in [0.2, 0.25) is 0 Å². The third-order valence-corrected chi connectivity index (χ3v) is 4.91. The van der Waals surface area contributed by atoms with E-state index in [1.54, 1.807) is 17.9 Å². The van der Waals surface area contributed by atoms with Crippen LogP contribution in [0.5, 0.6) is 0 Å². The second-order valence-electron chi connectivity index (χ2n) is 6.97. The van der Waals surface area contributed by atoms with Crippen molar-refractivity contribution in [1.29, 1.82) is 0 Å². The van der Waals surface area contributed by atoms with Gasteiger partial charge in [0.2, 0.25) is 11.9 Å². The zero-order valence-corrected chi connectivity index (χ0v) is 15.9.